The molecule has 0 aliphatic rings. The highest BCUT2D eigenvalue weighted by atomic mass is 16.6. The molecule has 0 unspecified atom stereocenters. The molecular formula is C12H10N2O3. The summed E-state index contributed by atoms with van der Waals surface area (Å²) in [6.07, 6.45) is 1.59. The van der Waals surface area contributed by atoms with Crippen molar-refractivity contribution in [2.24, 2.45) is 0 Å². The summed E-state index contributed by atoms with van der Waals surface area (Å²) < 4.78 is 1.39. The molecule has 0 aliphatic carbocycles. The number of hydrogen-bond acceptors (Lipinski definition) is 3. The number of nitro benzene ring substituents is 1. The summed E-state index contributed by atoms with van der Waals surface area (Å²) in [5.41, 5.74) is 0.810. The quantitative estimate of drug-likeness (QED) is 0.585. The lowest BCUT2D eigenvalue weighted by molar-refractivity contribution is -0.385. The van der Waals surface area contributed by atoms with E-state index in [0.29, 0.717) is 11.3 Å². The predicted molar refractivity (Wildman–Crippen MR) is 63.4 cm³/mol. The molecule has 0 aliphatic heterocycles. The molecule has 0 saturated carbocycles. The smallest absolute Gasteiger partial charge is 0.274 e. The second-order valence-corrected chi connectivity index (χ2v) is 3.59. The molecule has 0 bridgehead atoms. The van der Waals surface area contributed by atoms with Crippen molar-refractivity contribution in [3.05, 3.63) is 68.6 Å². The first-order valence-corrected chi connectivity index (χ1v) is 5.03. The van der Waals surface area contributed by atoms with Crippen molar-refractivity contribution >= 4 is 5.69 Å². The van der Waals surface area contributed by atoms with Crippen LogP contribution in [0.25, 0.3) is 5.69 Å². The Balaban J connectivity index is 2.70. The van der Waals surface area contributed by atoms with Gasteiger partial charge >= 0.3 is 0 Å². The van der Waals surface area contributed by atoms with E-state index in [1.807, 2.05) is 0 Å². The third kappa shape index (κ3) is 1.94. The standard InChI is InChI=1S/C12H10N2O3/c1-9-10(5-4-6-11(9)14(16)17)13-8-3-2-7-12(13)15/h2-8H,1H3. The molecule has 0 fully saturated rings. The van der Waals surface area contributed by atoms with E-state index in [1.165, 1.54) is 16.7 Å². The molecule has 0 amide bonds. The minimum atomic E-state index is -0.452. The third-order valence-corrected chi connectivity index (χ3v) is 2.56. The van der Waals surface area contributed by atoms with E-state index in [4.69, 9.17) is 0 Å². The Morgan fingerprint density at radius 3 is 2.59 bits per heavy atom. The number of aromatic nitrogens is 1. The van der Waals surface area contributed by atoms with E-state index in [1.54, 1.807) is 37.4 Å². The summed E-state index contributed by atoms with van der Waals surface area (Å²) in [4.78, 5) is 22.0. The van der Waals surface area contributed by atoms with Gasteiger partial charge in [-0.1, -0.05) is 12.1 Å². The van der Waals surface area contributed by atoms with Gasteiger partial charge in [0.15, 0.2) is 0 Å². The Labute approximate surface area is 97.1 Å². The number of benzene rings is 1. The Hall–Kier alpha value is -2.43. The molecule has 1 heterocycles. The van der Waals surface area contributed by atoms with Gasteiger partial charge in [0.2, 0.25) is 0 Å². The molecular weight excluding hydrogens is 220 g/mol. The van der Waals surface area contributed by atoms with Crippen LogP contribution in [-0.4, -0.2) is 9.49 Å². The van der Waals surface area contributed by atoms with Crippen molar-refractivity contribution < 1.29 is 4.92 Å². The number of nitro groups is 1. The van der Waals surface area contributed by atoms with Crippen LogP contribution < -0.4 is 5.56 Å². The Kier molecular flexibility index (Phi) is 2.74. The SMILES string of the molecule is Cc1c(-n2ccccc2=O)cccc1[N+](=O)[O-]. The maximum absolute atomic E-state index is 11.6. The van der Waals surface area contributed by atoms with Gasteiger partial charge in [-0.25, -0.2) is 0 Å². The average Bonchev–Trinajstić information content (AvgIpc) is 2.30. The minimum Gasteiger partial charge on any atom is -0.284 e. The molecule has 1 aromatic heterocycles. The number of hydrogen-bond donors (Lipinski definition) is 0. The van der Waals surface area contributed by atoms with Gasteiger partial charge in [-0.2, -0.15) is 0 Å². The summed E-state index contributed by atoms with van der Waals surface area (Å²) in [6.45, 7) is 1.63. The lowest BCUT2D eigenvalue weighted by atomic mass is 10.1. The highest BCUT2D eigenvalue weighted by Crippen LogP contribution is 2.22. The molecule has 5 heteroatoms. The van der Waals surface area contributed by atoms with Crippen LogP contribution in [0.2, 0.25) is 0 Å². The van der Waals surface area contributed by atoms with Crippen LogP contribution in [0.5, 0.6) is 0 Å². The van der Waals surface area contributed by atoms with Crippen molar-refractivity contribution in [3.8, 4) is 5.69 Å². The number of nitrogens with zero attached hydrogens (tertiary/aromatic N) is 2. The fraction of sp³-hybridized carbons (Fsp3) is 0.0833. The van der Waals surface area contributed by atoms with Crippen LogP contribution in [0.4, 0.5) is 5.69 Å². The monoisotopic (exact) mass is 230 g/mol. The maximum atomic E-state index is 11.6. The topological polar surface area (TPSA) is 65.1 Å². The first-order chi connectivity index (χ1) is 8.11. The van der Waals surface area contributed by atoms with E-state index < -0.39 is 4.92 Å². The van der Waals surface area contributed by atoms with Gasteiger partial charge in [0.1, 0.15) is 0 Å². The van der Waals surface area contributed by atoms with E-state index >= 15 is 0 Å². The number of rotatable bonds is 2. The summed E-state index contributed by atoms with van der Waals surface area (Å²) >= 11 is 0. The largest absolute Gasteiger partial charge is 0.284 e. The van der Waals surface area contributed by atoms with Gasteiger partial charge in [-0.3, -0.25) is 19.5 Å². The van der Waals surface area contributed by atoms with Crippen LogP contribution >= 0.6 is 0 Å². The zero-order chi connectivity index (χ0) is 12.4. The van der Waals surface area contributed by atoms with Gasteiger partial charge in [-0.05, 0) is 19.1 Å². The maximum Gasteiger partial charge on any atom is 0.274 e. The van der Waals surface area contributed by atoms with Crippen molar-refractivity contribution in [3.63, 3.8) is 0 Å². The van der Waals surface area contributed by atoms with Crippen LogP contribution in [-0.2, 0) is 0 Å². The van der Waals surface area contributed by atoms with Gasteiger partial charge in [0.25, 0.3) is 11.2 Å². The molecule has 2 rings (SSSR count). The fourth-order valence-electron chi connectivity index (χ4n) is 1.70. The number of pyridine rings is 1. The summed E-state index contributed by atoms with van der Waals surface area (Å²) in [5, 5.41) is 10.8. The van der Waals surface area contributed by atoms with Crippen molar-refractivity contribution in [1.82, 2.24) is 4.57 Å². The molecule has 5 nitrogen and oxygen atoms in total. The van der Waals surface area contributed by atoms with E-state index in [2.05, 4.69) is 0 Å². The second-order valence-electron chi connectivity index (χ2n) is 3.59. The van der Waals surface area contributed by atoms with Crippen LogP contribution in [0.1, 0.15) is 5.56 Å². The molecule has 0 atom stereocenters. The lowest BCUT2D eigenvalue weighted by Crippen LogP contribution is -2.16. The Bertz CT molecular complexity index is 632. The van der Waals surface area contributed by atoms with Gasteiger partial charge < -0.3 is 0 Å². The Morgan fingerprint density at radius 1 is 1.18 bits per heavy atom. The Morgan fingerprint density at radius 2 is 1.94 bits per heavy atom. The summed E-state index contributed by atoms with van der Waals surface area (Å²) in [7, 11) is 0. The molecule has 0 spiro atoms. The highest BCUT2D eigenvalue weighted by molar-refractivity contribution is 5.52. The van der Waals surface area contributed by atoms with Crippen LogP contribution in [0.15, 0.2) is 47.4 Å². The first kappa shape index (κ1) is 11.1. The minimum absolute atomic E-state index is 0.0123. The normalized spacial score (nSPS) is 10.2. The molecule has 0 N–H and O–H groups in total. The predicted octanol–water partition coefficient (Wildman–Crippen LogP) is 2.05. The first-order valence-electron chi connectivity index (χ1n) is 5.03. The van der Waals surface area contributed by atoms with E-state index in [-0.39, 0.29) is 11.2 Å². The van der Waals surface area contributed by atoms with E-state index in [9.17, 15) is 14.9 Å². The summed E-state index contributed by atoms with van der Waals surface area (Å²) in [5.74, 6) is 0. The lowest BCUT2D eigenvalue weighted by Gasteiger charge is -2.08. The molecule has 17 heavy (non-hydrogen) atoms. The third-order valence-electron chi connectivity index (χ3n) is 2.56. The van der Waals surface area contributed by atoms with E-state index in [0.717, 1.165) is 0 Å². The molecule has 0 saturated heterocycles. The zero-order valence-electron chi connectivity index (χ0n) is 9.16. The molecule has 1 aromatic carbocycles. The van der Waals surface area contributed by atoms with Crippen molar-refractivity contribution in [1.29, 1.82) is 0 Å². The average molecular weight is 230 g/mol. The summed E-state index contributed by atoms with van der Waals surface area (Å²) in [6, 6.07) is 9.43. The van der Waals surface area contributed by atoms with Crippen molar-refractivity contribution in [2.45, 2.75) is 6.92 Å². The molecule has 0 radical (unpaired) electrons. The van der Waals surface area contributed by atoms with Gasteiger partial charge in [0.05, 0.1) is 16.2 Å². The molecule has 86 valence electrons. The molecule has 2 aromatic rings. The fourth-order valence-corrected chi connectivity index (χ4v) is 1.70. The van der Waals surface area contributed by atoms with Gasteiger partial charge in [0, 0.05) is 18.3 Å². The van der Waals surface area contributed by atoms with Crippen LogP contribution in [0.3, 0.4) is 0 Å². The van der Waals surface area contributed by atoms with Crippen molar-refractivity contribution in [2.75, 3.05) is 0 Å². The van der Waals surface area contributed by atoms with Crippen LogP contribution in [0, 0.1) is 17.0 Å². The second kappa shape index (κ2) is 4.21. The zero-order valence-corrected chi connectivity index (χ0v) is 9.16. The van der Waals surface area contributed by atoms with Gasteiger partial charge in [-0.15, -0.1) is 0 Å². The highest BCUT2D eigenvalue weighted by Gasteiger charge is 2.14.